The van der Waals surface area contributed by atoms with Crippen LogP contribution in [0.1, 0.15) is 12.5 Å². The van der Waals surface area contributed by atoms with Crippen molar-refractivity contribution in [3.63, 3.8) is 0 Å². The third kappa shape index (κ3) is 2.54. The van der Waals surface area contributed by atoms with Crippen LogP contribution >= 0.6 is 0 Å². The summed E-state index contributed by atoms with van der Waals surface area (Å²) in [6, 6.07) is 7.79. The van der Waals surface area contributed by atoms with E-state index in [0.29, 0.717) is 18.3 Å². The summed E-state index contributed by atoms with van der Waals surface area (Å²) >= 11 is 0. The van der Waals surface area contributed by atoms with E-state index < -0.39 is 17.6 Å². The average Bonchev–Trinajstić information content (AvgIpc) is 2.38. The molecular formula is C14H13F3N2. The van der Waals surface area contributed by atoms with Crippen LogP contribution in [0.2, 0.25) is 0 Å². The molecule has 100 valence electrons. The van der Waals surface area contributed by atoms with Crippen molar-refractivity contribution in [1.82, 2.24) is 4.98 Å². The highest BCUT2D eigenvalue weighted by atomic mass is 19.2. The maximum absolute atomic E-state index is 13.8. The molecule has 0 aliphatic heterocycles. The van der Waals surface area contributed by atoms with Crippen molar-refractivity contribution in [2.75, 3.05) is 11.4 Å². The van der Waals surface area contributed by atoms with Gasteiger partial charge in [0, 0.05) is 18.3 Å². The van der Waals surface area contributed by atoms with E-state index in [4.69, 9.17) is 0 Å². The second-order valence-corrected chi connectivity index (χ2v) is 4.10. The molecule has 1 aromatic carbocycles. The van der Waals surface area contributed by atoms with Crippen molar-refractivity contribution in [2.24, 2.45) is 0 Å². The number of pyridine rings is 1. The number of rotatable bonds is 3. The summed E-state index contributed by atoms with van der Waals surface area (Å²) in [5.74, 6) is -3.69. The lowest BCUT2D eigenvalue weighted by Gasteiger charge is -2.24. The fourth-order valence-corrected chi connectivity index (χ4v) is 1.92. The number of aromatic nitrogens is 1. The molecule has 0 atom stereocenters. The van der Waals surface area contributed by atoms with Gasteiger partial charge in [-0.3, -0.25) is 0 Å². The first-order valence-electron chi connectivity index (χ1n) is 5.89. The molecule has 0 aliphatic carbocycles. The second kappa shape index (κ2) is 5.30. The zero-order chi connectivity index (χ0) is 14.0. The van der Waals surface area contributed by atoms with Gasteiger partial charge in [-0.25, -0.2) is 8.78 Å². The molecule has 0 unspecified atom stereocenters. The maximum Gasteiger partial charge on any atom is 0.251 e. The van der Waals surface area contributed by atoms with Crippen molar-refractivity contribution < 1.29 is 13.2 Å². The Morgan fingerprint density at radius 1 is 1.11 bits per heavy atom. The number of para-hydroxylation sites is 1. The summed E-state index contributed by atoms with van der Waals surface area (Å²) in [5.41, 5.74) is 1.61. The lowest BCUT2D eigenvalue weighted by Crippen LogP contribution is -2.20. The number of aryl methyl sites for hydroxylation is 1. The number of nitrogens with zero attached hydrogens (tertiary/aromatic N) is 2. The van der Waals surface area contributed by atoms with Crippen LogP contribution in [0, 0.1) is 24.5 Å². The molecule has 0 spiro atoms. The fourth-order valence-electron chi connectivity index (χ4n) is 1.92. The molecule has 1 aromatic heterocycles. The minimum absolute atomic E-state index is 0.212. The molecule has 0 radical (unpaired) electrons. The summed E-state index contributed by atoms with van der Waals surface area (Å²) in [5, 5.41) is 0. The van der Waals surface area contributed by atoms with Crippen molar-refractivity contribution in [2.45, 2.75) is 13.8 Å². The van der Waals surface area contributed by atoms with E-state index in [2.05, 4.69) is 4.98 Å². The Bertz CT molecular complexity index is 599. The highest BCUT2D eigenvalue weighted by Gasteiger charge is 2.18. The minimum Gasteiger partial charge on any atom is -0.324 e. The van der Waals surface area contributed by atoms with Crippen LogP contribution in [-0.4, -0.2) is 11.5 Å². The normalized spacial score (nSPS) is 10.6. The lowest BCUT2D eigenvalue weighted by molar-refractivity contribution is 0.464. The molecule has 0 amide bonds. The Balaban J connectivity index is 2.55. The molecule has 0 aliphatic rings. The van der Waals surface area contributed by atoms with Gasteiger partial charge in [-0.2, -0.15) is 9.37 Å². The first kappa shape index (κ1) is 13.4. The minimum atomic E-state index is -1.30. The SMILES string of the molecule is CCN(c1ccccc1C)c1nc(F)c(F)cc1F. The van der Waals surface area contributed by atoms with Gasteiger partial charge in [0.05, 0.1) is 0 Å². The first-order valence-corrected chi connectivity index (χ1v) is 5.89. The van der Waals surface area contributed by atoms with Gasteiger partial charge in [-0.1, -0.05) is 18.2 Å². The molecule has 2 rings (SSSR count). The van der Waals surface area contributed by atoms with Gasteiger partial charge >= 0.3 is 0 Å². The Labute approximate surface area is 109 Å². The lowest BCUT2D eigenvalue weighted by atomic mass is 10.2. The van der Waals surface area contributed by atoms with E-state index in [1.807, 2.05) is 19.1 Å². The monoisotopic (exact) mass is 266 g/mol. The van der Waals surface area contributed by atoms with Gasteiger partial charge in [-0.15, -0.1) is 0 Å². The molecule has 0 saturated carbocycles. The molecule has 0 N–H and O–H groups in total. The van der Waals surface area contributed by atoms with Crippen LogP contribution in [-0.2, 0) is 0 Å². The summed E-state index contributed by atoms with van der Waals surface area (Å²) in [6.45, 7) is 4.03. The molecule has 0 fully saturated rings. The van der Waals surface area contributed by atoms with E-state index in [1.165, 1.54) is 4.90 Å². The number of hydrogen-bond donors (Lipinski definition) is 0. The van der Waals surface area contributed by atoms with Gasteiger partial charge in [0.1, 0.15) is 0 Å². The van der Waals surface area contributed by atoms with E-state index in [9.17, 15) is 13.2 Å². The Morgan fingerprint density at radius 3 is 2.42 bits per heavy atom. The van der Waals surface area contributed by atoms with Crippen LogP contribution in [0.3, 0.4) is 0 Å². The Morgan fingerprint density at radius 2 is 1.79 bits per heavy atom. The van der Waals surface area contributed by atoms with Gasteiger partial charge in [0.15, 0.2) is 17.5 Å². The maximum atomic E-state index is 13.8. The Hall–Kier alpha value is -2.04. The fraction of sp³-hybridized carbons (Fsp3) is 0.214. The highest BCUT2D eigenvalue weighted by molar-refractivity contribution is 5.63. The predicted molar refractivity (Wildman–Crippen MR) is 68.0 cm³/mol. The van der Waals surface area contributed by atoms with E-state index in [1.54, 1.807) is 19.1 Å². The summed E-state index contributed by atoms with van der Waals surface area (Å²) in [6.07, 6.45) is 0. The number of hydrogen-bond acceptors (Lipinski definition) is 2. The van der Waals surface area contributed by atoms with Crippen LogP contribution in [0.4, 0.5) is 24.7 Å². The Kier molecular flexibility index (Phi) is 3.74. The molecule has 19 heavy (non-hydrogen) atoms. The van der Waals surface area contributed by atoms with E-state index >= 15 is 0 Å². The summed E-state index contributed by atoms with van der Waals surface area (Å²) in [4.78, 5) is 4.88. The topological polar surface area (TPSA) is 16.1 Å². The van der Waals surface area contributed by atoms with Gasteiger partial charge < -0.3 is 4.90 Å². The quantitative estimate of drug-likeness (QED) is 0.781. The van der Waals surface area contributed by atoms with Gasteiger partial charge in [-0.05, 0) is 25.5 Å². The predicted octanol–water partition coefficient (Wildman–Crippen LogP) is 3.97. The molecular weight excluding hydrogens is 253 g/mol. The molecule has 0 saturated heterocycles. The average molecular weight is 266 g/mol. The third-order valence-electron chi connectivity index (χ3n) is 2.85. The standard InChI is InChI=1S/C14H13F3N2/c1-3-19(12-7-5-4-6-9(12)2)14-11(16)8-10(15)13(17)18-14/h4-8H,3H2,1-2H3. The van der Waals surface area contributed by atoms with Crippen molar-refractivity contribution >= 4 is 11.5 Å². The molecule has 2 nitrogen and oxygen atoms in total. The van der Waals surface area contributed by atoms with Crippen LogP contribution in [0.5, 0.6) is 0 Å². The molecule has 5 heteroatoms. The smallest absolute Gasteiger partial charge is 0.251 e. The van der Waals surface area contributed by atoms with Crippen LogP contribution < -0.4 is 4.90 Å². The molecule has 2 aromatic rings. The highest BCUT2D eigenvalue weighted by Crippen LogP contribution is 2.29. The van der Waals surface area contributed by atoms with Gasteiger partial charge in [0.25, 0.3) is 5.95 Å². The summed E-state index contributed by atoms with van der Waals surface area (Å²) < 4.78 is 39.9. The van der Waals surface area contributed by atoms with Crippen molar-refractivity contribution in [3.05, 3.63) is 53.5 Å². The van der Waals surface area contributed by atoms with E-state index in [-0.39, 0.29) is 5.82 Å². The van der Waals surface area contributed by atoms with Gasteiger partial charge in [0.2, 0.25) is 0 Å². The summed E-state index contributed by atoms with van der Waals surface area (Å²) in [7, 11) is 0. The van der Waals surface area contributed by atoms with Crippen LogP contribution in [0.15, 0.2) is 30.3 Å². The van der Waals surface area contributed by atoms with Crippen molar-refractivity contribution in [1.29, 1.82) is 0 Å². The van der Waals surface area contributed by atoms with E-state index in [0.717, 1.165) is 5.56 Å². The largest absolute Gasteiger partial charge is 0.324 e. The zero-order valence-corrected chi connectivity index (χ0v) is 10.6. The first-order chi connectivity index (χ1) is 9.04. The van der Waals surface area contributed by atoms with Crippen LogP contribution in [0.25, 0.3) is 0 Å². The molecule has 0 bridgehead atoms. The number of anilines is 2. The third-order valence-corrected chi connectivity index (χ3v) is 2.85. The number of benzene rings is 1. The molecule has 1 heterocycles. The second-order valence-electron chi connectivity index (χ2n) is 4.10. The van der Waals surface area contributed by atoms with Crippen molar-refractivity contribution in [3.8, 4) is 0 Å². The number of halogens is 3. The zero-order valence-electron chi connectivity index (χ0n) is 10.6.